The van der Waals surface area contributed by atoms with Gasteiger partial charge in [-0.3, -0.25) is 15.0 Å². The molecular formula is C25H28F2N4O4. The number of hydrogen-bond donors (Lipinski definition) is 1. The molecular weight excluding hydrogens is 458 g/mol. The Labute approximate surface area is 202 Å². The summed E-state index contributed by atoms with van der Waals surface area (Å²) in [5, 5.41) is 8.14. The lowest BCUT2D eigenvalue weighted by Crippen LogP contribution is -2.37. The number of ether oxygens (including phenoxy) is 2. The average Bonchev–Trinajstić information content (AvgIpc) is 3.35. The Morgan fingerprint density at radius 2 is 1.91 bits per heavy atom. The zero-order valence-corrected chi connectivity index (χ0v) is 19.3. The van der Waals surface area contributed by atoms with Gasteiger partial charge in [0.15, 0.2) is 0 Å². The van der Waals surface area contributed by atoms with Crippen LogP contribution in [0.15, 0.2) is 47.6 Å². The number of amides is 2. The van der Waals surface area contributed by atoms with Crippen LogP contribution in [0.25, 0.3) is 0 Å². The van der Waals surface area contributed by atoms with E-state index in [9.17, 15) is 18.4 Å². The van der Waals surface area contributed by atoms with Gasteiger partial charge in [0.2, 0.25) is 5.91 Å². The van der Waals surface area contributed by atoms with Gasteiger partial charge < -0.3 is 9.47 Å². The SMILES string of the molecule is O=C(Nc1cccc(CC(=O)N2CCC(c3cc(F)ccc3F)=N2)c1)OCCCN1CCOCC1. The van der Waals surface area contributed by atoms with E-state index in [2.05, 4.69) is 15.3 Å². The van der Waals surface area contributed by atoms with E-state index in [1.807, 2.05) is 0 Å². The maximum Gasteiger partial charge on any atom is 0.411 e. The van der Waals surface area contributed by atoms with Crippen LogP contribution >= 0.6 is 0 Å². The van der Waals surface area contributed by atoms with Crippen LogP contribution in [-0.4, -0.2) is 73.6 Å². The van der Waals surface area contributed by atoms with E-state index < -0.39 is 17.7 Å². The number of nitrogens with one attached hydrogen (secondary N) is 1. The lowest BCUT2D eigenvalue weighted by molar-refractivity contribution is -0.130. The fourth-order valence-corrected chi connectivity index (χ4v) is 4.00. The lowest BCUT2D eigenvalue weighted by Gasteiger charge is -2.26. The molecule has 2 heterocycles. The number of benzene rings is 2. The number of halogens is 2. The van der Waals surface area contributed by atoms with Gasteiger partial charge in [-0.15, -0.1) is 0 Å². The summed E-state index contributed by atoms with van der Waals surface area (Å²) in [6, 6.07) is 10.1. The fourth-order valence-electron chi connectivity index (χ4n) is 4.00. The minimum atomic E-state index is -0.578. The monoisotopic (exact) mass is 486 g/mol. The highest BCUT2D eigenvalue weighted by Gasteiger charge is 2.24. The highest BCUT2D eigenvalue weighted by molar-refractivity contribution is 6.03. The summed E-state index contributed by atoms with van der Waals surface area (Å²) in [7, 11) is 0. The zero-order valence-electron chi connectivity index (χ0n) is 19.3. The Morgan fingerprint density at radius 1 is 1.09 bits per heavy atom. The van der Waals surface area contributed by atoms with Crippen LogP contribution in [0, 0.1) is 11.6 Å². The molecule has 0 spiro atoms. The van der Waals surface area contributed by atoms with Crippen LogP contribution in [0.2, 0.25) is 0 Å². The second-order valence-electron chi connectivity index (χ2n) is 8.38. The van der Waals surface area contributed by atoms with Crippen molar-refractivity contribution in [1.82, 2.24) is 9.91 Å². The van der Waals surface area contributed by atoms with Crippen molar-refractivity contribution in [3.8, 4) is 0 Å². The third kappa shape index (κ3) is 7.06. The largest absolute Gasteiger partial charge is 0.449 e. The van der Waals surface area contributed by atoms with Crippen LogP contribution in [0.3, 0.4) is 0 Å². The summed E-state index contributed by atoms with van der Waals surface area (Å²) in [5.41, 5.74) is 1.60. The summed E-state index contributed by atoms with van der Waals surface area (Å²) < 4.78 is 38.1. The molecule has 2 aromatic carbocycles. The summed E-state index contributed by atoms with van der Waals surface area (Å²) in [4.78, 5) is 27.1. The topological polar surface area (TPSA) is 83.5 Å². The van der Waals surface area contributed by atoms with Crippen molar-refractivity contribution >= 4 is 23.4 Å². The van der Waals surface area contributed by atoms with Crippen LogP contribution in [-0.2, 0) is 20.7 Å². The quantitative estimate of drug-likeness (QED) is 0.579. The molecule has 0 atom stereocenters. The molecule has 1 fully saturated rings. The molecule has 10 heteroatoms. The van der Waals surface area contributed by atoms with Gasteiger partial charge in [0.1, 0.15) is 11.6 Å². The van der Waals surface area contributed by atoms with Crippen molar-refractivity contribution in [2.24, 2.45) is 5.10 Å². The standard InChI is InChI=1S/C25H28F2N4O4/c26-19-5-6-22(27)21(17-19)23-7-9-31(29-23)24(32)16-18-3-1-4-20(15-18)28-25(33)35-12-2-8-30-10-13-34-14-11-30/h1,3-6,15,17H,2,7-14,16H2,(H,28,33). The molecule has 0 aromatic heterocycles. The molecule has 1 N–H and O–H groups in total. The van der Waals surface area contributed by atoms with Crippen LogP contribution in [0.1, 0.15) is 24.0 Å². The molecule has 0 saturated carbocycles. The van der Waals surface area contributed by atoms with Gasteiger partial charge in [-0.2, -0.15) is 5.10 Å². The fraction of sp³-hybridized carbons (Fsp3) is 0.400. The van der Waals surface area contributed by atoms with Gasteiger partial charge in [-0.05, 0) is 42.3 Å². The van der Waals surface area contributed by atoms with E-state index in [1.54, 1.807) is 24.3 Å². The lowest BCUT2D eigenvalue weighted by atomic mass is 10.1. The average molecular weight is 487 g/mol. The molecule has 2 amide bonds. The number of carbonyl (C=O) groups excluding carboxylic acids is 2. The molecule has 0 unspecified atom stereocenters. The van der Waals surface area contributed by atoms with Crippen molar-refractivity contribution in [3.63, 3.8) is 0 Å². The van der Waals surface area contributed by atoms with E-state index in [4.69, 9.17) is 9.47 Å². The van der Waals surface area contributed by atoms with Gasteiger partial charge in [-0.1, -0.05) is 12.1 Å². The molecule has 1 saturated heterocycles. The van der Waals surface area contributed by atoms with Gasteiger partial charge in [0.25, 0.3) is 0 Å². The Balaban J connectivity index is 1.25. The van der Waals surface area contributed by atoms with E-state index in [0.717, 1.165) is 57.5 Å². The highest BCUT2D eigenvalue weighted by atomic mass is 19.1. The third-order valence-electron chi connectivity index (χ3n) is 5.81. The minimum absolute atomic E-state index is 0.0481. The number of anilines is 1. The van der Waals surface area contributed by atoms with E-state index in [0.29, 0.717) is 36.5 Å². The maximum atomic E-state index is 14.0. The highest BCUT2D eigenvalue weighted by Crippen LogP contribution is 2.19. The van der Waals surface area contributed by atoms with Gasteiger partial charge in [-0.25, -0.2) is 18.6 Å². The first-order valence-electron chi connectivity index (χ1n) is 11.6. The van der Waals surface area contributed by atoms with Crippen LogP contribution in [0.5, 0.6) is 0 Å². The molecule has 186 valence electrons. The summed E-state index contributed by atoms with van der Waals surface area (Å²) in [6.45, 7) is 4.70. The van der Waals surface area contributed by atoms with Gasteiger partial charge in [0, 0.05) is 37.3 Å². The summed E-state index contributed by atoms with van der Waals surface area (Å²) >= 11 is 0. The minimum Gasteiger partial charge on any atom is -0.449 e. The molecule has 0 radical (unpaired) electrons. The number of hydrogen-bond acceptors (Lipinski definition) is 6. The van der Waals surface area contributed by atoms with Crippen molar-refractivity contribution in [3.05, 3.63) is 65.2 Å². The number of morpholine rings is 1. The van der Waals surface area contributed by atoms with E-state index in [-0.39, 0.29) is 17.9 Å². The number of carbonyl (C=O) groups is 2. The van der Waals surface area contributed by atoms with Crippen LogP contribution in [0.4, 0.5) is 19.3 Å². The summed E-state index contributed by atoms with van der Waals surface area (Å²) in [5.74, 6) is -1.42. The maximum absolute atomic E-state index is 14.0. The second kappa shape index (κ2) is 11.9. The van der Waals surface area contributed by atoms with Gasteiger partial charge in [0.05, 0.1) is 38.5 Å². The summed E-state index contributed by atoms with van der Waals surface area (Å²) in [6.07, 6.45) is 0.568. The normalized spacial score (nSPS) is 16.2. The first-order chi connectivity index (χ1) is 17.0. The van der Waals surface area contributed by atoms with Crippen molar-refractivity contribution in [2.45, 2.75) is 19.3 Å². The Hall–Kier alpha value is -3.37. The molecule has 0 bridgehead atoms. The molecule has 0 aliphatic carbocycles. The molecule has 8 nitrogen and oxygen atoms in total. The molecule has 2 aliphatic rings. The molecule has 4 rings (SSSR count). The van der Waals surface area contributed by atoms with E-state index >= 15 is 0 Å². The first kappa shape index (κ1) is 24.7. The predicted octanol–water partition coefficient (Wildman–Crippen LogP) is 3.41. The van der Waals surface area contributed by atoms with Gasteiger partial charge >= 0.3 is 6.09 Å². The Morgan fingerprint density at radius 3 is 2.74 bits per heavy atom. The molecule has 35 heavy (non-hydrogen) atoms. The Bertz CT molecular complexity index is 1090. The number of rotatable bonds is 8. The van der Waals surface area contributed by atoms with Crippen molar-refractivity contribution < 1.29 is 27.8 Å². The van der Waals surface area contributed by atoms with E-state index in [1.165, 1.54) is 5.01 Å². The second-order valence-corrected chi connectivity index (χ2v) is 8.38. The zero-order chi connectivity index (χ0) is 24.6. The smallest absolute Gasteiger partial charge is 0.411 e. The number of hydrazone groups is 1. The Kier molecular flexibility index (Phi) is 8.38. The van der Waals surface area contributed by atoms with Crippen LogP contribution < -0.4 is 5.32 Å². The molecule has 2 aliphatic heterocycles. The molecule has 2 aromatic rings. The predicted molar refractivity (Wildman–Crippen MR) is 126 cm³/mol. The van der Waals surface area contributed by atoms with Crippen molar-refractivity contribution in [2.75, 3.05) is 51.3 Å². The van der Waals surface area contributed by atoms with Crippen molar-refractivity contribution in [1.29, 1.82) is 0 Å². The number of nitrogens with zero attached hydrogens (tertiary/aromatic N) is 3. The third-order valence-corrected chi connectivity index (χ3v) is 5.81. The first-order valence-corrected chi connectivity index (χ1v) is 11.6.